The average molecular weight is 369 g/mol. The third kappa shape index (κ3) is 6.45. The molecule has 0 bridgehead atoms. The van der Waals surface area contributed by atoms with Gasteiger partial charge >= 0.3 is 0 Å². The number of nitriles is 1. The average Bonchev–Trinajstić information content (AvgIpc) is 2.60. The van der Waals surface area contributed by atoms with E-state index in [0.29, 0.717) is 11.4 Å². The molecule has 4 nitrogen and oxygen atoms in total. The largest absolute Gasteiger partial charge is 0.384 e. The van der Waals surface area contributed by atoms with Gasteiger partial charge in [-0.1, -0.05) is 18.7 Å². The summed E-state index contributed by atoms with van der Waals surface area (Å²) in [7, 11) is 0. The number of thiol groups is 1. The summed E-state index contributed by atoms with van der Waals surface area (Å²) < 4.78 is 0. The van der Waals surface area contributed by atoms with Gasteiger partial charge in [0.1, 0.15) is 11.9 Å². The second-order valence-electron chi connectivity index (χ2n) is 5.93. The molecule has 26 heavy (non-hydrogen) atoms. The number of hydrogen-bond donors (Lipinski definition) is 3. The van der Waals surface area contributed by atoms with Crippen LogP contribution in [0.5, 0.6) is 0 Å². The maximum atomic E-state index is 9.40. The highest BCUT2D eigenvalue weighted by Crippen LogP contribution is 2.21. The first-order valence-electron chi connectivity index (χ1n) is 8.63. The van der Waals surface area contributed by atoms with Crippen LogP contribution in [0.3, 0.4) is 0 Å². The van der Waals surface area contributed by atoms with Crippen molar-refractivity contribution in [3.8, 4) is 6.07 Å². The lowest BCUT2D eigenvalue weighted by Crippen LogP contribution is -2.16. The van der Waals surface area contributed by atoms with Gasteiger partial charge in [0.15, 0.2) is 0 Å². The van der Waals surface area contributed by atoms with Crippen LogP contribution in [0.25, 0.3) is 6.08 Å². The van der Waals surface area contributed by atoms with E-state index in [1.807, 2.05) is 26.0 Å². The molecule has 2 N–H and O–H groups in total. The van der Waals surface area contributed by atoms with E-state index in [-0.39, 0.29) is 0 Å². The van der Waals surface area contributed by atoms with Crippen molar-refractivity contribution in [2.24, 2.45) is 4.99 Å². The van der Waals surface area contributed by atoms with Crippen LogP contribution in [0.4, 0.5) is 5.69 Å². The Bertz CT molecular complexity index is 744. The van der Waals surface area contributed by atoms with Crippen molar-refractivity contribution in [2.75, 3.05) is 17.6 Å². The van der Waals surface area contributed by atoms with E-state index in [4.69, 9.17) is 0 Å². The van der Waals surface area contributed by atoms with Gasteiger partial charge < -0.3 is 10.6 Å². The van der Waals surface area contributed by atoms with Crippen molar-refractivity contribution in [1.82, 2.24) is 5.32 Å². The molecule has 0 radical (unpaired) electrons. The monoisotopic (exact) mass is 368 g/mol. The van der Waals surface area contributed by atoms with Crippen LogP contribution >= 0.6 is 12.6 Å². The molecule has 138 valence electrons. The molecule has 0 aliphatic rings. The number of rotatable bonds is 8. The number of nitrogens with one attached hydrogen (secondary N) is 2. The summed E-state index contributed by atoms with van der Waals surface area (Å²) in [6, 6.07) is 6.33. The van der Waals surface area contributed by atoms with Crippen molar-refractivity contribution in [3.05, 3.63) is 58.9 Å². The van der Waals surface area contributed by atoms with E-state index in [1.165, 1.54) is 0 Å². The molecule has 0 aliphatic heterocycles. The lowest BCUT2D eigenvalue weighted by Gasteiger charge is -2.11. The van der Waals surface area contributed by atoms with Crippen LogP contribution in [0.2, 0.25) is 0 Å². The van der Waals surface area contributed by atoms with Gasteiger partial charge in [0.25, 0.3) is 0 Å². The molecule has 0 heterocycles. The maximum absolute atomic E-state index is 9.40. The number of benzene rings is 1. The van der Waals surface area contributed by atoms with Gasteiger partial charge in [-0.15, -0.1) is 0 Å². The molecule has 0 fully saturated rings. The fourth-order valence-corrected chi connectivity index (χ4v) is 2.74. The summed E-state index contributed by atoms with van der Waals surface area (Å²) in [6.45, 7) is 12.5. The van der Waals surface area contributed by atoms with Crippen molar-refractivity contribution in [3.63, 3.8) is 0 Å². The molecular formula is C21H28N4S. The first-order valence-corrected chi connectivity index (χ1v) is 9.26. The fraction of sp³-hybridized carbons (Fsp3) is 0.333. The highest BCUT2D eigenvalue weighted by atomic mass is 32.1. The van der Waals surface area contributed by atoms with Gasteiger partial charge in [-0.25, -0.2) is 4.99 Å². The molecule has 0 unspecified atom stereocenters. The molecule has 1 aromatic carbocycles. The van der Waals surface area contributed by atoms with Crippen LogP contribution in [0.1, 0.15) is 37.0 Å². The number of hydrogen-bond acceptors (Lipinski definition) is 4. The Hall–Kier alpha value is -2.45. The lowest BCUT2D eigenvalue weighted by atomic mass is 10.0. The van der Waals surface area contributed by atoms with Gasteiger partial charge in [0.2, 0.25) is 0 Å². The molecule has 0 aromatic heterocycles. The predicted molar refractivity (Wildman–Crippen MR) is 117 cm³/mol. The summed E-state index contributed by atoms with van der Waals surface area (Å²) >= 11 is 4.19. The van der Waals surface area contributed by atoms with Crippen molar-refractivity contribution < 1.29 is 0 Å². The van der Waals surface area contributed by atoms with Gasteiger partial charge in [-0.05, 0) is 68.7 Å². The number of anilines is 1. The molecule has 0 saturated heterocycles. The summed E-state index contributed by atoms with van der Waals surface area (Å²) in [4.78, 5) is 4.39. The fourth-order valence-electron chi connectivity index (χ4n) is 2.58. The molecule has 0 saturated carbocycles. The van der Waals surface area contributed by atoms with Crippen molar-refractivity contribution in [1.29, 1.82) is 5.26 Å². The van der Waals surface area contributed by atoms with Gasteiger partial charge in [-0.3, -0.25) is 0 Å². The smallest absolute Gasteiger partial charge is 0.103 e. The van der Waals surface area contributed by atoms with E-state index >= 15 is 0 Å². The highest BCUT2D eigenvalue weighted by molar-refractivity contribution is 7.80. The molecule has 0 aliphatic carbocycles. The third-order valence-corrected chi connectivity index (χ3v) is 4.18. The van der Waals surface area contributed by atoms with Gasteiger partial charge in [0.05, 0.1) is 5.57 Å². The van der Waals surface area contributed by atoms with Crippen LogP contribution < -0.4 is 10.6 Å². The van der Waals surface area contributed by atoms with Gasteiger partial charge in [-0.2, -0.15) is 17.9 Å². The molecule has 1 rings (SSSR count). The molecule has 5 heteroatoms. The van der Waals surface area contributed by atoms with E-state index in [0.717, 1.165) is 46.8 Å². The molecule has 0 spiro atoms. The third-order valence-electron chi connectivity index (χ3n) is 3.86. The zero-order valence-corrected chi connectivity index (χ0v) is 17.0. The van der Waals surface area contributed by atoms with E-state index in [9.17, 15) is 5.26 Å². The first-order chi connectivity index (χ1) is 12.5. The second kappa shape index (κ2) is 11.2. The quantitative estimate of drug-likeness (QED) is 0.151. The Morgan fingerprint density at radius 2 is 2.00 bits per heavy atom. The van der Waals surface area contributed by atoms with Crippen LogP contribution in [0, 0.1) is 25.2 Å². The van der Waals surface area contributed by atoms with Gasteiger partial charge in [0, 0.05) is 24.1 Å². The van der Waals surface area contributed by atoms with Crippen LogP contribution in [-0.2, 0) is 0 Å². The zero-order chi connectivity index (χ0) is 19.5. The Morgan fingerprint density at radius 1 is 1.35 bits per heavy atom. The normalized spacial score (nSPS) is 12.5. The lowest BCUT2D eigenvalue weighted by molar-refractivity contribution is 0.784. The molecule has 0 amide bonds. The SMILES string of the molecule is C=Cc1c(C)cc(NC(C)=N/C=C(C#N)\C(=C/C)NCCCS)cc1C. The number of allylic oxidation sites excluding steroid dienone is 2. The Balaban J connectivity index is 2.93. The zero-order valence-electron chi connectivity index (χ0n) is 16.1. The minimum Gasteiger partial charge on any atom is -0.384 e. The first kappa shape index (κ1) is 21.6. The Kier molecular flexibility index (Phi) is 9.32. The minimum atomic E-state index is 0.502. The van der Waals surface area contributed by atoms with Crippen LogP contribution in [-0.4, -0.2) is 18.1 Å². The number of aliphatic imine (C=N–C) groups is 1. The standard InChI is InChI=1S/C21H28N4S/c1-6-20-15(3)11-19(12-16(20)4)25-17(5)24-14-18(13-22)21(7-2)23-9-8-10-26/h6-7,11-12,14,23,26H,1,8-10H2,2-5H3,(H,24,25)/b18-14-,21-7+. The van der Waals surface area contributed by atoms with Crippen molar-refractivity contribution in [2.45, 2.75) is 34.1 Å². The summed E-state index contributed by atoms with van der Waals surface area (Å²) in [6.07, 6.45) is 6.27. The van der Waals surface area contributed by atoms with E-state index < -0.39 is 0 Å². The topological polar surface area (TPSA) is 60.2 Å². The Morgan fingerprint density at radius 3 is 2.50 bits per heavy atom. The minimum absolute atomic E-state index is 0.502. The van der Waals surface area contributed by atoms with Crippen molar-refractivity contribution >= 4 is 30.2 Å². The number of aryl methyl sites for hydroxylation is 2. The predicted octanol–water partition coefficient (Wildman–Crippen LogP) is 5.00. The molecular weight excluding hydrogens is 340 g/mol. The highest BCUT2D eigenvalue weighted by Gasteiger charge is 2.04. The molecule has 1 aromatic rings. The number of nitrogens with zero attached hydrogens (tertiary/aromatic N) is 2. The van der Waals surface area contributed by atoms with E-state index in [1.54, 1.807) is 6.20 Å². The second-order valence-corrected chi connectivity index (χ2v) is 6.38. The van der Waals surface area contributed by atoms with E-state index in [2.05, 4.69) is 66.9 Å². The molecule has 0 atom stereocenters. The number of amidine groups is 1. The Labute approximate surface area is 162 Å². The summed E-state index contributed by atoms with van der Waals surface area (Å²) in [5, 5.41) is 15.9. The van der Waals surface area contributed by atoms with Crippen LogP contribution in [0.15, 0.2) is 47.3 Å². The summed E-state index contributed by atoms with van der Waals surface area (Å²) in [5.74, 6) is 1.52. The maximum Gasteiger partial charge on any atom is 0.103 e. The summed E-state index contributed by atoms with van der Waals surface area (Å²) in [5.41, 5.74) is 5.73.